The van der Waals surface area contributed by atoms with E-state index in [0.717, 1.165) is 27.4 Å². The minimum atomic E-state index is -0.0225. The number of fused-ring (bicyclic) bond motifs is 8. The van der Waals surface area contributed by atoms with Gasteiger partial charge < -0.3 is 4.42 Å². The highest BCUT2D eigenvalue weighted by molar-refractivity contribution is 6.18. The quantitative estimate of drug-likeness (QED) is 0.200. The number of aromatic nitrogens is 1. The van der Waals surface area contributed by atoms with E-state index in [1.807, 2.05) is 30.3 Å². The lowest BCUT2D eigenvalue weighted by atomic mass is 9.81. The van der Waals surface area contributed by atoms with Crippen LogP contribution in [0.2, 0.25) is 0 Å². The molecule has 1 aliphatic carbocycles. The van der Waals surface area contributed by atoms with Gasteiger partial charge in [-0.05, 0) is 97.1 Å². The zero-order valence-electron chi connectivity index (χ0n) is 24.6. The van der Waals surface area contributed by atoms with Crippen LogP contribution in [0.25, 0.3) is 77.5 Å². The van der Waals surface area contributed by atoms with Gasteiger partial charge in [0.15, 0.2) is 5.58 Å². The van der Waals surface area contributed by atoms with E-state index in [2.05, 4.69) is 123 Å². The van der Waals surface area contributed by atoms with Crippen LogP contribution in [0.15, 0.2) is 144 Å². The Labute approximate surface area is 256 Å². The van der Waals surface area contributed by atoms with Gasteiger partial charge >= 0.3 is 0 Å². The van der Waals surface area contributed by atoms with Gasteiger partial charge in [-0.3, -0.25) is 0 Å². The van der Waals surface area contributed by atoms with Crippen molar-refractivity contribution in [2.75, 3.05) is 0 Å². The van der Waals surface area contributed by atoms with Crippen molar-refractivity contribution in [1.29, 1.82) is 0 Å². The molecule has 208 valence electrons. The maximum absolute atomic E-state index is 6.46. The largest absolute Gasteiger partial charge is 0.435 e. The van der Waals surface area contributed by atoms with Crippen LogP contribution < -0.4 is 0 Å². The van der Waals surface area contributed by atoms with E-state index in [-0.39, 0.29) is 5.41 Å². The molecule has 1 aromatic heterocycles. The van der Waals surface area contributed by atoms with Crippen LogP contribution >= 0.6 is 0 Å². The number of hydrogen-bond acceptors (Lipinski definition) is 2. The molecule has 2 heteroatoms. The SMILES string of the molecule is CC1(C)c2ccccc2-c2ccc(-c3cccc(-c4ccc5ccc6ccc7nc(-c8ccccc8)oc7c6c5c4)c3)cc21. The third-order valence-electron chi connectivity index (χ3n) is 9.49. The monoisotopic (exact) mass is 563 g/mol. The second kappa shape index (κ2) is 9.26. The number of oxazole rings is 1. The first kappa shape index (κ1) is 25.1. The zero-order valence-corrected chi connectivity index (χ0v) is 24.6. The summed E-state index contributed by atoms with van der Waals surface area (Å²) in [6.07, 6.45) is 0. The van der Waals surface area contributed by atoms with Crippen molar-refractivity contribution >= 4 is 32.6 Å². The highest BCUT2D eigenvalue weighted by Crippen LogP contribution is 2.49. The smallest absolute Gasteiger partial charge is 0.227 e. The Balaban J connectivity index is 1.17. The lowest BCUT2D eigenvalue weighted by Crippen LogP contribution is -2.14. The fourth-order valence-electron chi connectivity index (χ4n) is 7.17. The molecule has 0 N–H and O–H groups in total. The summed E-state index contributed by atoms with van der Waals surface area (Å²) in [4.78, 5) is 4.85. The number of rotatable bonds is 3. The lowest BCUT2D eigenvalue weighted by molar-refractivity contribution is 0.623. The number of hydrogen-bond donors (Lipinski definition) is 0. The molecule has 0 atom stereocenters. The van der Waals surface area contributed by atoms with Gasteiger partial charge in [0.25, 0.3) is 0 Å². The Morgan fingerprint density at radius 2 is 1.14 bits per heavy atom. The van der Waals surface area contributed by atoms with Gasteiger partial charge in [0, 0.05) is 16.4 Å². The van der Waals surface area contributed by atoms with Crippen LogP contribution in [0.3, 0.4) is 0 Å². The van der Waals surface area contributed by atoms with E-state index >= 15 is 0 Å². The van der Waals surface area contributed by atoms with Gasteiger partial charge in [0.1, 0.15) is 5.52 Å². The van der Waals surface area contributed by atoms with Gasteiger partial charge in [-0.2, -0.15) is 0 Å². The Morgan fingerprint density at radius 3 is 2.00 bits per heavy atom. The van der Waals surface area contributed by atoms with Crippen molar-refractivity contribution in [1.82, 2.24) is 4.98 Å². The third-order valence-corrected chi connectivity index (χ3v) is 9.49. The van der Waals surface area contributed by atoms with Gasteiger partial charge in [0.05, 0.1) is 0 Å². The molecule has 44 heavy (non-hydrogen) atoms. The molecule has 0 bridgehead atoms. The molecule has 0 amide bonds. The van der Waals surface area contributed by atoms with E-state index in [4.69, 9.17) is 9.40 Å². The van der Waals surface area contributed by atoms with Gasteiger partial charge in [0.2, 0.25) is 5.89 Å². The maximum atomic E-state index is 6.46. The summed E-state index contributed by atoms with van der Waals surface area (Å²) in [5.74, 6) is 0.648. The van der Waals surface area contributed by atoms with E-state index < -0.39 is 0 Å². The van der Waals surface area contributed by atoms with Crippen LogP contribution in [0.1, 0.15) is 25.0 Å². The summed E-state index contributed by atoms with van der Waals surface area (Å²) in [5, 5.41) is 4.60. The Bertz CT molecular complexity index is 2410. The predicted octanol–water partition coefficient (Wildman–Crippen LogP) is 11.4. The molecule has 1 aliphatic rings. The molecule has 1 heterocycles. The zero-order chi connectivity index (χ0) is 29.4. The average Bonchev–Trinajstić information content (AvgIpc) is 3.62. The summed E-state index contributed by atoms with van der Waals surface area (Å²) in [6.45, 7) is 4.68. The first-order chi connectivity index (χ1) is 21.5. The van der Waals surface area contributed by atoms with Crippen molar-refractivity contribution in [3.05, 3.63) is 151 Å². The predicted molar refractivity (Wildman–Crippen MR) is 183 cm³/mol. The van der Waals surface area contributed by atoms with E-state index in [1.165, 1.54) is 55.3 Å². The molecular formula is C42H29NO. The first-order valence-corrected chi connectivity index (χ1v) is 15.2. The highest BCUT2D eigenvalue weighted by Gasteiger charge is 2.35. The van der Waals surface area contributed by atoms with Crippen molar-refractivity contribution in [2.24, 2.45) is 0 Å². The van der Waals surface area contributed by atoms with Crippen molar-refractivity contribution in [3.8, 4) is 44.8 Å². The Morgan fingerprint density at radius 1 is 0.500 bits per heavy atom. The topological polar surface area (TPSA) is 26.0 Å². The summed E-state index contributed by atoms with van der Waals surface area (Å²) in [7, 11) is 0. The maximum Gasteiger partial charge on any atom is 0.227 e. The third kappa shape index (κ3) is 3.71. The standard InChI is InChI=1S/C42H29NO/c1-42(2)36-14-7-6-13-33(36)34-21-19-32(25-37(34)42)30-12-8-11-29(23-30)31-18-16-26-15-17-27-20-22-38-40(39(27)35(26)24-31)44-41(43-38)28-9-4-3-5-10-28/h3-25H,1-2H3. The normalized spacial score (nSPS) is 13.4. The van der Waals surface area contributed by atoms with Crippen molar-refractivity contribution in [2.45, 2.75) is 19.3 Å². The molecule has 0 saturated carbocycles. The van der Waals surface area contributed by atoms with Crippen LogP contribution in [0.4, 0.5) is 0 Å². The van der Waals surface area contributed by atoms with E-state index in [9.17, 15) is 0 Å². The Hall–Kier alpha value is -5.47. The van der Waals surface area contributed by atoms with E-state index in [1.54, 1.807) is 0 Å². The van der Waals surface area contributed by atoms with Crippen molar-refractivity contribution < 1.29 is 4.42 Å². The molecule has 9 rings (SSSR count). The van der Waals surface area contributed by atoms with Crippen molar-refractivity contribution in [3.63, 3.8) is 0 Å². The summed E-state index contributed by atoms with van der Waals surface area (Å²) in [5.41, 5.74) is 13.0. The molecule has 0 unspecified atom stereocenters. The first-order valence-electron chi connectivity index (χ1n) is 15.2. The average molecular weight is 564 g/mol. The van der Waals surface area contributed by atoms with Crippen LogP contribution in [-0.2, 0) is 5.41 Å². The molecule has 0 saturated heterocycles. The fourth-order valence-corrected chi connectivity index (χ4v) is 7.17. The van der Waals surface area contributed by atoms with Crippen LogP contribution in [0.5, 0.6) is 0 Å². The van der Waals surface area contributed by atoms with Gasteiger partial charge in [-0.1, -0.05) is 117 Å². The molecule has 2 nitrogen and oxygen atoms in total. The number of nitrogens with zero attached hydrogens (tertiary/aromatic N) is 1. The summed E-state index contributed by atoms with van der Waals surface area (Å²) < 4.78 is 6.46. The fraction of sp³-hybridized carbons (Fsp3) is 0.0714. The number of benzene rings is 7. The minimum Gasteiger partial charge on any atom is -0.435 e. The second-order valence-electron chi connectivity index (χ2n) is 12.4. The highest BCUT2D eigenvalue weighted by atomic mass is 16.3. The van der Waals surface area contributed by atoms with Crippen LogP contribution in [-0.4, -0.2) is 4.98 Å². The van der Waals surface area contributed by atoms with Crippen LogP contribution in [0, 0.1) is 0 Å². The van der Waals surface area contributed by atoms with Gasteiger partial charge in [-0.15, -0.1) is 0 Å². The molecule has 0 spiro atoms. The van der Waals surface area contributed by atoms with E-state index in [0.29, 0.717) is 5.89 Å². The molecule has 7 aromatic carbocycles. The molecule has 8 aromatic rings. The summed E-state index contributed by atoms with van der Waals surface area (Å²) in [6, 6.07) is 50.2. The molecule has 0 aliphatic heterocycles. The minimum absolute atomic E-state index is 0.0225. The molecular weight excluding hydrogens is 534 g/mol. The van der Waals surface area contributed by atoms with Gasteiger partial charge in [-0.25, -0.2) is 4.98 Å². The lowest BCUT2D eigenvalue weighted by Gasteiger charge is -2.22. The molecule has 0 fully saturated rings. The molecule has 0 radical (unpaired) electrons. The Kier molecular flexibility index (Phi) is 5.28. The summed E-state index contributed by atoms with van der Waals surface area (Å²) >= 11 is 0. The second-order valence-corrected chi connectivity index (χ2v) is 12.4.